The lowest BCUT2D eigenvalue weighted by molar-refractivity contribution is 1.13. The fourth-order valence-corrected chi connectivity index (χ4v) is 1.48. The van der Waals surface area contributed by atoms with Crippen molar-refractivity contribution in [2.45, 2.75) is 0 Å². The molecule has 0 fully saturated rings. The van der Waals surface area contributed by atoms with Gasteiger partial charge in [-0.15, -0.1) is 0 Å². The van der Waals surface area contributed by atoms with Crippen LogP contribution in [0.3, 0.4) is 0 Å². The van der Waals surface area contributed by atoms with E-state index >= 15 is 0 Å². The highest BCUT2D eigenvalue weighted by Crippen LogP contribution is 2.17. The maximum absolute atomic E-state index is 8.69. The summed E-state index contributed by atoms with van der Waals surface area (Å²) < 4.78 is 0.691. The summed E-state index contributed by atoms with van der Waals surface area (Å²) in [6.07, 6.45) is 1.39. The number of nitriles is 1. The van der Waals surface area contributed by atoms with Crippen molar-refractivity contribution in [3.05, 3.63) is 34.6 Å². The Morgan fingerprint density at radius 1 is 1.31 bits per heavy atom. The molecule has 0 aliphatic heterocycles. The number of anilines is 1. The van der Waals surface area contributed by atoms with Crippen molar-refractivity contribution in [1.82, 2.24) is 15.0 Å². The van der Waals surface area contributed by atoms with E-state index in [2.05, 4.69) is 30.9 Å². The van der Waals surface area contributed by atoms with E-state index in [1.807, 2.05) is 12.1 Å². The first-order chi connectivity index (χ1) is 7.70. The second-order valence-corrected chi connectivity index (χ2v) is 3.76. The van der Waals surface area contributed by atoms with E-state index < -0.39 is 0 Å². The molecule has 78 valence electrons. The van der Waals surface area contributed by atoms with Gasteiger partial charge in [0.25, 0.3) is 0 Å². The van der Waals surface area contributed by atoms with Crippen LogP contribution in [-0.2, 0) is 0 Å². The third kappa shape index (κ3) is 1.99. The zero-order valence-corrected chi connectivity index (χ0v) is 9.64. The van der Waals surface area contributed by atoms with Crippen LogP contribution in [0, 0.1) is 11.3 Å². The highest BCUT2D eigenvalue weighted by atomic mass is 79.9. The SMILES string of the molecule is N#Cc1cnc(-c2cccc(Br)n2)nc1N. The fourth-order valence-electron chi connectivity index (χ4n) is 1.14. The van der Waals surface area contributed by atoms with Crippen LogP contribution in [0.1, 0.15) is 5.56 Å². The number of nitrogens with zero attached hydrogens (tertiary/aromatic N) is 4. The van der Waals surface area contributed by atoms with Crippen molar-refractivity contribution in [3.63, 3.8) is 0 Å². The Balaban J connectivity index is 2.50. The summed E-state index contributed by atoms with van der Waals surface area (Å²) in [7, 11) is 0. The van der Waals surface area contributed by atoms with Gasteiger partial charge in [0.1, 0.15) is 27.7 Å². The predicted molar refractivity (Wildman–Crippen MR) is 62.1 cm³/mol. The Morgan fingerprint density at radius 3 is 2.75 bits per heavy atom. The molecular formula is C10H6BrN5. The second-order valence-electron chi connectivity index (χ2n) is 2.95. The largest absolute Gasteiger partial charge is 0.382 e. The summed E-state index contributed by atoms with van der Waals surface area (Å²) in [6, 6.07) is 7.30. The van der Waals surface area contributed by atoms with Gasteiger partial charge < -0.3 is 5.73 Å². The van der Waals surface area contributed by atoms with Crippen LogP contribution in [0.15, 0.2) is 29.0 Å². The molecule has 5 nitrogen and oxygen atoms in total. The quantitative estimate of drug-likeness (QED) is 0.801. The molecule has 2 N–H and O–H groups in total. The molecule has 0 atom stereocenters. The standard InChI is InChI=1S/C10H6BrN5/c11-8-3-1-2-7(15-8)10-14-5-6(4-12)9(13)16-10/h1-3,5H,(H2,13,14,16). The minimum atomic E-state index is 0.161. The molecule has 0 aromatic carbocycles. The van der Waals surface area contributed by atoms with Crippen molar-refractivity contribution in [1.29, 1.82) is 5.26 Å². The average Bonchev–Trinajstić information content (AvgIpc) is 2.29. The Bertz CT molecular complexity index is 576. The maximum atomic E-state index is 8.69. The number of nitrogens with two attached hydrogens (primary N) is 1. The summed E-state index contributed by atoms with van der Waals surface area (Å²) >= 11 is 3.26. The molecule has 0 aliphatic rings. The number of rotatable bonds is 1. The lowest BCUT2D eigenvalue weighted by Gasteiger charge is -2.01. The highest BCUT2D eigenvalue weighted by molar-refractivity contribution is 9.10. The molecule has 0 bridgehead atoms. The topological polar surface area (TPSA) is 88.5 Å². The molecular weight excluding hydrogens is 270 g/mol. The van der Waals surface area contributed by atoms with Gasteiger partial charge in [-0.3, -0.25) is 0 Å². The van der Waals surface area contributed by atoms with Gasteiger partial charge in [0.15, 0.2) is 5.82 Å². The molecule has 0 saturated heterocycles. The first-order valence-electron chi connectivity index (χ1n) is 4.36. The van der Waals surface area contributed by atoms with Gasteiger partial charge in [-0.05, 0) is 28.1 Å². The van der Waals surface area contributed by atoms with Crippen molar-refractivity contribution in [2.75, 3.05) is 5.73 Å². The first-order valence-corrected chi connectivity index (χ1v) is 5.15. The third-order valence-corrected chi connectivity index (χ3v) is 2.32. The summed E-state index contributed by atoms with van der Waals surface area (Å²) in [5, 5.41) is 8.69. The normalized spacial score (nSPS) is 9.75. The van der Waals surface area contributed by atoms with Crippen LogP contribution in [-0.4, -0.2) is 15.0 Å². The van der Waals surface area contributed by atoms with Crippen molar-refractivity contribution >= 4 is 21.7 Å². The molecule has 16 heavy (non-hydrogen) atoms. The molecule has 2 rings (SSSR count). The minimum Gasteiger partial charge on any atom is -0.382 e. The molecule has 2 heterocycles. The smallest absolute Gasteiger partial charge is 0.180 e. The van der Waals surface area contributed by atoms with E-state index in [4.69, 9.17) is 11.0 Å². The number of hydrogen-bond donors (Lipinski definition) is 1. The second kappa shape index (κ2) is 4.24. The van der Waals surface area contributed by atoms with Crippen LogP contribution in [0.5, 0.6) is 0 Å². The summed E-state index contributed by atoms with van der Waals surface area (Å²) in [4.78, 5) is 12.2. The number of pyridine rings is 1. The van der Waals surface area contributed by atoms with E-state index in [0.717, 1.165) is 0 Å². The Hall–Kier alpha value is -2.00. The van der Waals surface area contributed by atoms with Crippen molar-refractivity contribution < 1.29 is 0 Å². The van der Waals surface area contributed by atoms with Gasteiger partial charge in [-0.2, -0.15) is 5.26 Å². The van der Waals surface area contributed by atoms with Crippen LogP contribution >= 0.6 is 15.9 Å². The minimum absolute atomic E-state index is 0.161. The van der Waals surface area contributed by atoms with Crippen LogP contribution < -0.4 is 5.73 Å². The van der Waals surface area contributed by atoms with Crippen LogP contribution in [0.25, 0.3) is 11.5 Å². The number of nitrogen functional groups attached to an aromatic ring is 1. The van der Waals surface area contributed by atoms with Gasteiger partial charge >= 0.3 is 0 Å². The number of hydrogen-bond acceptors (Lipinski definition) is 5. The van der Waals surface area contributed by atoms with Gasteiger partial charge in [-0.25, -0.2) is 15.0 Å². The molecule has 2 aromatic heterocycles. The molecule has 6 heteroatoms. The van der Waals surface area contributed by atoms with E-state index in [0.29, 0.717) is 16.1 Å². The van der Waals surface area contributed by atoms with Gasteiger partial charge in [-0.1, -0.05) is 6.07 Å². The number of aromatic nitrogens is 3. The molecule has 0 amide bonds. The maximum Gasteiger partial charge on any atom is 0.180 e. The summed E-state index contributed by atoms with van der Waals surface area (Å²) in [5.41, 5.74) is 6.46. The first kappa shape index (κ1) is 10.5. The lowest BCUT2D eigenvalue weighted by atomic mass is 10.3. The number of halogens is 1. The fraction of sp³-hybridized carbons (Fsp3) is 0. The molecule has 0 aliphatic carbocycles. The average molecular weight is 276 g/mol. The Labute approximate surface area is 100 Å². The van der Waals surface area contributed by atoms with Gasteiger partial charge in [0.2, 0.25) is 0 Å². The van der Waals surface area contributed by atoms with Crippen molar-refractivity contribution in [2.24, 2.45) is 0 Å². The van der Waals surface area contributed by atoms with E-state index in [1.165, 1.54) is 6.20 Å². The highest BCUT2D eigenvalue weighted by Gasteiger charge is 2.06. The zero-order valence-electron chi connectivity index (χ0n) is 8.05. The lowest BCUT2D eigenvalue weighted by Crippen LogP contribution is -1.99. The Kier molecular flexibility index (Phi) is 2.79. The Morgan fingerprint density at radius 2 is 2.12 bits per heavy atom. The van der Waals surface area contributed by atoms with Crippen molar-refractivity contribution in [3.8, 4) is 17.6 Å². The van der Waals surface area contributed by atoms with Gasteiger partial charge in [0, 0.05) is 0 Å². The monoisotopic (exact) mass is 275 g/mol. The van der Waals surface area contributed by atoms with E-state index in [9.17, 15) is 0 Å². The third-order valence-electron chi connectivity index (χ3n) is 1.88. The van der Waals surface area contributed by atoms with Crippen LogP contribution in [0.4, 0.5) is 5.82 Å². The van der Waals surface area contributed by atoms with Gasteiger partial charge in [0.05, 0.1) is 6.20 Å². The van der Waals surface area contributed by atoms with E-state index in [-0.39, 0.29) is 11.4 Å². The molecule has 0 radical (unpaired) electrons. The zero-order chi connectivity index (χ0) is 11.5. The molecule has 0 saturated carbocycles. The predicted octanol–water partition coefficient (Wildman–Crippen LogP) is 1.75. The summed E-state index contributed by atoms with van der Waals surface area (Å²) in [6.45, 7) is 0. The molecule has 0 spiro atoms. The van der Waals surface area contributed by atoms with E-state index in [1.54, 1.807) is 12.1 Å². The van der Waals surface area contributed by atoms with Crippen LogP contribution in [0.2, 0.25) is 0 Å². The summed E-state index contributed by atoms with van der Waals surface area (Å²) in [5.74, 6) is 0.562. The molecule has 0 unspecified atom stereocenters. The molecule has 2 aromatic rings.